The topological polar surface area (TPSA) is 50.2 Å². The second-order valence-corrected chi connectivity index (χ2v) is 7.08. The van der Waals surface area contributed by atoms with Gasteiger partial charge in [0.1, 0.15) is 5.82 Å². The zero-order valence-corrected chi connectivity index (χ0v) is 14.4. The summed E-state index contributed by atoms with van der Waals surface area (Å²) in [5.41, 5.74) is 2.52. The number of hydrogen-bond acceptors (Lipinski definition) is 2. The molecule has 1 aromatic heterocycles. The molecule has 5 nitrogen and oxygen atoms in total. The number of carbonyl (C=O) groups is 1. The fraction of sp³-hybridized carbons (Fsp3) is 0.474. The smallest absolute Gasteiger partial charge is 0.321 e. The van der Waals surface area contributed by atoms with Gasteiger partial charge in [0.25, 0.3) is 0 Å². The van der Waals surface area contributed by atoms with E-state index >= 15 is 0 Å². The van der Waals surface area contributed by atoms with E-state index in [0.717, 1.165) is 31.2 Å². The first kappa shape index (κ1) is 16.1. The third kappa shape index (κ3) is 3.38. The summed E-state index contributed by atoms with van der Waals surface area (Å²) < 4.78 is 16.0. The van der Waals surface area contributed by atoms with Crippen molar-refractivity contribution < 1.29 is 9.18 Å². The fourth-order valence-corrected chi connectivity index (χ4v) is 3.70. The van der Waals surface area contributed by atoms with Crippen molar-refractivity contribution in [2.24, 2.45) is 7.05 Å². The third-order valence-corrected chi connectivity index (χ3v) is 5.33. The van der Waals surface area contributed by atoms with Crippen molar-refractivity contribution in [3.8, 4) is 0 Å². The number of aryl methyl sites for hydroxylation is 1. The van der Waals surface area contributed by atoms with Gasteiger partial charge in [0.15, 0.2) is 0 Å². The van der Waals surface area contributed by atoms with Crippen LogP contribution >= 0.6 is 0 Å². The predicted octanol–water partition coefficient (Wildman–Crippen LogP) is 3.85. The maximum atomic E-state index is 14.1. The van der Waals surface area contributed by atoms with E-state index in [1.54, 1.807) is 17.0 Å². The number of piperidine rings is 1. The van der Waals surface area contributed by atoms with Gasteiger partial charge >= 0.3 is 6.03 Å². The fourth-order valence-electron chi connectivity index (χ4n) is 3.70. The van der Waals surface area contributed by atoms with Crippen molar-refractivity contribution in [1.29, 1.82) is 0 Å². The Morgan fingerprint density at radius 2 is 1.92 bits per heavy atom. The van der Waals surface area contributed by atoms with Gasteiger partial charge in [0, 0.05) is 43.6 Å². The summed E-state index contributed by atoms with van der Waals surface area (Å²) in [6, 6.07) is 6.94. The van der Waals surface area contributed by atoms with Gasteiger partial charge in [0.05, 0.1) is 0 Å². The molecule has 0 spiro atoms. The van der Waals surface area contributed by atoms with Gasteiger partial charge in [-0.3, -0.25) is 4.68 Å². The van der Waals surface area contributed by atoms with Crippen LogP contribution in [0.2, 0.25) is 0 Å². The number of hydrogen-bond donors (Lipinski definition) is 1. The molecule has 0 bridgehead atoms. The van der Waals surface area contributed by atoms with E-state index in [1.807, 2.05) is 24.0 Å². The maximum Gasteiger partial charge on any atom is 0.321 e. The Hall–Kier alpha value is -2.37. The van der Waals surface area contributed by atoms with Crippen LogP contribution < -0.4 is 5.32 Å². The Morgan fingerprint density at radius 3 is 2.52 bits per heavy atom. The highest BCUT2D eigenvalue weighted by molar-refractivity contribution is 5.89. The highest BCUT2D eigenvalue weighted by Gasteiger charge is 2.27. The molecule has 132 valence electrons. The van der Waals surface area contributed by atoms with Gasteiger partial charge in [-0.25, -0.2) is 9.18 Å². The van der Waals surface area contributed by atoms with Crippen LogP contribution in [0.5, 0.6) is 0 Å². The Morgan fingerprint density at radius 1 is 1.16 bits per heavy atom. The normalized spacial score (nSPS) is 18.4. The van der Waals surface area contributed by atoms with E-state index in [0.29, 0.717) is 30.6 Å². The minimum Gasteiger partial charge on any atom is -0.324 e. The first-order valence-corrected chi connectivity index (χ1v) is 8.95. The minimum absolute atomic E-state index is 0.151. The first-order chi connectivity index (χ1) is 12.1. The van der Waals surface area contributed by atoms with E-state index in [-0.39, 0.29) is 11.8 Å². The number of likely N-dealkylation sites (tertiary alicyclic amines) is 1. The molecule has 1 saturated heterocycles. The molecular formula is C19H23FN4O. The van der Waals surface area contributed by atoms with Crippen molar-refractivity contribution in [1.82, 2.24) is 14.7 Å². The van der Waals surface area contributed by atoms with Gasteiger partial charge in [-0.05, 0) is 55.4 Å². The molecule has 0 atom stereocenters. The molecule has 2 aromatic rings. The number of aromatic nitrogens is 2. The first-order valence-electron chi connectivity index (χ1n) is 8.95. The van der Waals surface area contributed by atoms with Crippen LogP contribution in [0.3, 0.4) is 0 Å². The maximum absolute atomic E-state index is 14.1. The number of amides is 2. The third-order valence-electron chi connectivity index (χ3n) is 5.33. The molecule has 2 fully saturated rings. The largest absolute Gasteiger partial charge is 0.324 e. The monoisotopic (exact) mass is 342 g/mol. The summed E-state index contributed by atoms with van der Waals surface area (Å²) in [4.78, 5) is 14.3. The van der Waals surface area contributed by atoms with E-state index in [9.17, 15) is 9.18 Å². The zero-order valence-electron chi connectivity index (χ0n) is 14.4. The number of nitrogens with one attached hydrogen (secondary N) is 1. The number of anilines is 1. The van der Waals surface area contributed by atoms with Gasteiger partial charge in [0.2, 0.25) is 0 Å². The van der Waals surface area contributed by atoms with Gasteiger partial charge in [-0.1, -0.05) is 6.07 Å². The lowest BCUT2D eigenvalue weighted by Crippen LogP contribution is -2.40. The molecule has 1 aliphatic heterocycles. The van der Waals surface area contributed by atoms with Crippen LogP contribution in [0.15, 0.2) is 30.5 Å². The van der Waals surface area contributed by atoms with E-state index in [2.05, 4.69) is 10.4 Å². The van der Waals surface area contributed by atoms with Crippen molar-refractivity contribution in [2.75, 3.05) is 18.4 Å². The molecule has 2 amide bonds. The second-order valence-electron chi connectivity index (χ2n) is 7.08. The summed E-state index contributed by atoms with van der Waals surface area (Å²) in [6.07, 6.45) is 5.78. The van der Waals surface area contributed by atoms with Gasteiger partial charge in [-0.15, -0.1) is 0 Å². The zero-order chi connectivity index (χ0) is 17.4. The van der Waals surface area contributed by atoms with Crippen LogP contribution in [-0.4, -0.2) is 33.8 Å². The highest BCUT2D eigenvalue weighted by atomic mass is 19.1. The number of halogens is 1. The average molecular weight is 342 g/mol. The number of urea groups is 1. The molecule has 1 aliphatic carbocycles. The van der Waals surface area contributed by atoms with Crippen LogP contribution in [-0.2, 0) is 7.05 Å². The summed E-state index contributed by atoms with van der Waals surface area (Å²) in [7, 11) is 1.95. The lowest BCUT2D eigenvalue weighted by atomic mass is 9.93. The van der Waals surface area contributed by atoms with Crippen LogP contribution in [0.1, 0.15) is 48.8 Å². The lowest BCUT2D eigenvalue weighted by molar-refractivity contribution is 0.193. The molecule has 2 heterocycles. The molecule has 1 aromatic carbocycles. The summed E-state index contributed by atoms with van der Waals surface area (Å²) in [6.45, 7) is 1.40. The molecule has 2 aliphatic rings. The average Bonchev–Trinajstić information content (AvgIpc) is 3.36. The molecule has 25 heavy (non-hydrogen) atoms. The molecule has 0 radical (unpaired) electrons. The minimum atomic E-state index is -0.213. The van der Waals surface area contributed by atoms with Crippen molar-refractivity contribution in [3.63, 3.8) is 0 Å². The molecule has 1 saturated carbocycles. The standard InChI is InChI=1S/C19H23FN4O/c1-23-18(6-9-21-23)14-7-10-24(11-8-14)19(25)22-15-4-5-16(13-2-3-13)17(20)12-15/h4-6,9,12-14H,2-3,7-8,10-11H2,1H3,(H,22,25). The lowest BCUT2D eigenvalue weighted by Gasteiger charge is -2.32. The molecule has 4 rings (SSSR count). The number of benzene rings is 1. The quantitative estimate of drug-likeness (QED) is 0.921. The van der Waals surface area contributed by atoms with Crippen molar-refractivity contribution in [3.05, 3.63) is 47.5 Å². The van der Waals surface area contributed by atoms with Gasteiger partial charge < -0.3 is 10.2 Å². The second kappa shape index (κ2) is 6.50. The van der Waals surface area contributed by atoms with E-state index < -0.39 is 0 Å². The Balaban J connectivity index is 1.34. The predicted molar refractivity (Wildman–Crippen MR) is 94.1 cm³/mol. The molecule has 6 heteroatoms. The molecule has 0 unspecified atom stereocenters. The number of rotatable bonds is 3. The highest BCUT2D eigenvalue weighted by Crippen LogP contribution is 2.41. The summed E-state index contributed by atoms with van der Waals surface area (Å²) in [5, 5.41) is 7.05. The summed E-state index contributed by atoms with van der Waals surface area (Å²) >= 11 is 0. The molecular weight excluding hydrogens is 319 g/mol. The Bertz CT molecular complexity index is 775. The Labute approximate surface area is 146 Å². The summed E-state index contributed by atoms with van der Waals surface area (Å²) in [5.74, 6) is 0.595. The van der Waals surface area contributed by atoms with Crippen LogP contribution in [0.25, 0.3) is 0 Å². The number of nitrogens with zero attached hydrogens (tertiary/aromatic N) is 3. The van der Waals surface area contributed by atoms with E-state index in [1.165, 1.54) is 11.8 Å². The SMILES string of the molecule is Cn1nccc1C1CCN(C(=O)Nc2ccc(C3CC3)c(F)c2)CC1. The van der Waals surface area contributed by atoms with Crippen molar-refractivity contribution in [2.45, 2.75) is 37.5 Å². The van der Waals surface area contributed by atoms with Crippen LogP contribution in [0.4, 0.5) is 14.9 Å². The molecule has 1 N–H and O–H groups in total. The van der Waals surface area contributed by atoms with E-state index in [4.69, 9.17) is 0 Å². The number of carbonyl (C=O) groups excluding carboxylic acids is 1. The van der Waals surface area contributed by atoms with Gasteiger partial charge in [-0.2, -0.15) is 5.10 Å². The Kier molecular flexibility index (Phi) is 4.19. The van der Waals surface area contributed by atoms with Crippen LogP contribution in [0, 0.1) is 5.82 Å². The van der Waals surface area contributed by atoms with Crippen molar-refractivity contribution >= 4 is 11.7 Å².